The molecule has 0 saturated carbocycles. The molecule has 0 fully saturated rings. The zero-order valence-corrected chi connectivity index (χ0v) is 63.0. The fourth-order valence-electron chi connectivity index (χ4n) is 9.71. The third kappa shape index (κ3) is 69.9. The molecule has 0 aromatic rings. The van der Waals surface area contributed by atoms with Crippen molar-refractivity contribution in [3.05, 3.63) is 122 Å². The van der Waals surface area contributed by atoms with Crippen LogP contribution in [0.4, 0.5) is 0 Å². The normalized spacial score (nSPS) is 14.6. The van der Waals surface area contributed by atoms with Crippen LogP contribution < -0.4 is 0 Å². The predicted octanol–water partition coefficient (Wildman–Crippen LogP) is 21.6. The van der Waals surface area contributed by atoms with Crippen molar-refractivity contribution in [1.29, 1.82) is 0 Å². The maximum atomic E-state index is 13.1. The molecule has 0 aromatic heterocycles. The number of rotatable bonds is 70. The lowest BCUT2D eigenvalue weighted by Gasteiger charge is -2.21. The van der Waals surface area contributed by atoms with E-state index in [0.717, 1.165) is 135 Å². The summed E-state index contributed by atoms with van der Waals surface area (Å²) in [5.41, 5.74) is 0. The smallest absolute Gasteiger partial charge is 0.462 e. The first-order valence-electron chi connectivity index (χ1n) is 37.8. The highest BCUT2D eigenvalue weighted by atomic mass is 31.2. The Morgan fingerprint density at radius 2 is 0.541 bits per heavy atom. The van der Waals surface area contributed by atoms with Gasteiger partial charge in [-0.25, -0.2) is 9.13 Å². The monoisotopic (exact) mass is 1420 g/mol. The first-order valence-corrected chi connectivity index (χ1v) is 40.8. The van der Waals surface area contributed by atoms with E-state index in [0.29, 0.717) is 32.1 Å². The Bertz CT molecular complexity index is 2340. The molecule has 0 spiro atoms. The minimum Gasteiger partial charge on any atom is -0.462 e. The van der Waals surface area contributed by atoms with Gasteiger partial charge < -0.3 is 33.8 Å². The molecule has 0 amide bonds. The number of hydrogen-bond donors (Lipinski definition) is 3. The molecule has 0 heterocycles. The second kappa shape index (κ2) is 70.9. The molecule has 0 aliphatic carbocycles. The van der Waals surface area contributed by atoms with Gasteiger partial charge in [0.2, 0.25) is 0 Å². The van der Waals surface area contributed by atoms with Crippen molar-refractivity contribution >= 4 is 39.5 Å². The van der Waals surface area contributed by atoms with Gasteiger partial charge in [-0.3, -0.25) is 37.3 Å². The fraction of sp³-hybridized carbons (Fsp3) is 0.696. The number of aliphatic hydroxyl groups excluding tert-OH is 1. The second-order valence-electron chi connectivity index (χ2n) is 24.8. The van der Waals surface area contributed by atoms with E-state index < -0.39 is 97.5 Å². The maximum absolute atomic E-state index is 13.1. The summed E-state index contributed by atoms with van der Waals surface area (Å²) in [5, 5.41) is 10.6. The van der Waals surface area contributed by atoms with E-state index in [9.17, 15) is 43.2 Å². The SMILES string of the molecule is CC/C=C\C/C=C\C/C=C\C/C=C\C/C=C\CCCC(=O)OCC(COP(=O)(O)OCC(O)COP(=O)(O)OCC(COC(=O)CCCC/C=C\C/C=C\C/C=C\C/C=C\CC)OC(=O)CCCCCCCCCCCCC)OC(=O)CCCCCCC/C=C\CCCCCCCC. The van der Waals surface area contributed by atoms with Crippen molar-refractivity contribution in [2.24, 2.45) is 0 Å². The Morgan fingerprint density at radius 1 is 0.296 bits per heavy atom. The molecule has 5 unspecified atom stereocenters. The topological polar surface area (TPSA) is 237 Å². The Kier molecular flexibility index (Phi) is 67.6. The summed E-state index contributed by atoms with van der Waals surface area (Å²) in [5.74, 6) is -2.30. The van der Waals surface area contributed by atoms with Gasteiger partial charge in [-0.15, -0.1) is 0 Å². The number of unbranched alkanes of at least 4 members (excludes halogenated alkanes) is 24. The average molecular weight is 1420 g/mol. The summed E-state index contributed by atoms with van der Waals surface area (Å²) < 4.78 is 68.3. The van der Waals surface area contributed by atoms with E-state index in [1.807, 2.05) is 12.2 Å². The summed E-state index contributed by atoms with van der Waals surface area (Å²) in [4.78, 5) is 72.7. The van der Waals surface area contributed by atoms with Gasteiger partial charge >= 0.3 is 39.5 Å². The molecule has 0 bridgehead atoms. The van der Waals surface area contributed by atoms with Crippen molar-refractivity contribution in [3.63, 3.8) is 0 Å². The average Bonchev–Trinajstić information content (AvgIpc) is 0.986. The Hall–Kier alpha value is -4.54. The largest absolute Gasteiger partial charge is 0.472 e. The number of ether oxygens (including phenoxy) is 4. The Morgan fingerprint density at radius 3 is 0.888 bits per heavy atom. The fourth-order valence-corrected chi connectivity index (χ4v) is 11.3. The Labute approximate surface area is 593 Å². The van der Waals surface area contributed by atoms with Crippen molar-refractivity contribution < 1.29 is 80.2 Å². The zero-order chi connectivity index (χ0) is 71.8. The van der Waals surface area contributed by atoms with Crippen LogP contribution in [-0.2, 0) is 65.4 Å². The molecule has 0 aliphatic heterocycles. The number of hydrogen-bond acceptors (Lipinski definition) is 15. The van der Waals surface area contributed by atoms with E-state index in [2.05, 4.69) is 137 Å². The van der Waals surface area contributed by atoms with E-state index >= 15 is 0 Å². The summed E-state index contributed by atoms with van der Waals surface area (Å²) in [6, 6.07) is 0. The quantitative estimate of drug-likeness (QED) is 0.0169. The number of carbonyl (C=O) groups is 4. The summed E-state index contributed by atoms with van der Waals surface area (Å²) in [7, 11) is -9.97. The van der Waals surface area contributed by atoms with E-state index in [1.54, 1.807) is 0 Å². The number of allylic oxidation sites excluding steroid dienone is 20. The molecule has 17 nitrogen and oxygen atoms in total. The van der Waals surface area contributed by atoms with Crippen molar-refractivity contribution in [2.75, 3.05) is 39.6 Å². The molecule has 0 radical (unpaired) electrons. The van der Waals surface area contributed by atoms with Gasteiger partial charge in [0.25, 0.3) is 0 Å². The molecule has 562 valence electrons. The molecule has 98 heavy (non-hydrogen) atoms. The van der Waals surface area contributed by atoms with E-state index in [-0.39, 0.29) is 25.7 Å². The van der Waals surface area contributed by atoms with Gasteiger partial charge in [0.15, 0.2) is 12.2 Å². The predicted molar refractivity (Wildman–Crippen MR) is 399 cm³/mol. The second-order valence-corrected chi connectivity index (χ2v) is 27.7. The van der Waals surface area contributed by atoms with Gasteiger partial charge in [0.1, 0.15) is 19.3 Å². The third-order valence-electron chi connectivity index (χ3n) is 15.4. The summed E-state index contributed by atoms with van der Waals surface area (Å²) in [6.45, 7) is 4.51. The molecule has 0 aliphatic rings. The highest BCUT2D eigenvalue weighted by Gasteiger charge is 2.30. The van der Waals surface area contributed by atoms with Crippen LogP contribution in [-0.4, -0.2) is 96.7 Å². The van der Waals surface area contributed by atoms with Crippen LogP contribution >= 0.6 is 15.6 Å². The standard InChI is InChI=1S/C79H134O17P2/c1-5-9-13-17-21-25-29-32-35-36-39-41-45-48-52-56-60-64-77(82)90-70-75(96-79(84)66-62-58-54-50-46-42-38-34-31-27-23-19-15-11-7-3)72-94-98(87,88)92-68-73(80)67-91-97(85,86)93-71-74(95-78(83)65-61-57-53-49-43-28-24-20-16-12-8-4)69-89-76(81)63-59-55-51-47-44-40-37-33-30-26-22-18-14-10-6-2/h9-10,13-14,21-22,25-26,32-35,37-39,41,44,47-48,52,73-75,80H,5-8,11-12,15-20,23-24,27-31,36,40,42-43,45-46,49-51,53-72H2,1-4H3,(H,85,86)(H,87,88)/b13-9-,14-10-,25-21-,26-22-,35-32-,37-33-,38-34-,41-39-,47-44-,52-48-. The first-order chi connectivity index (χ1) is 47.7. The van der Waals surface area contributed by atoms with E-state index in [1.165, 1.54) is 77.0 Å². The number of phosphoric ester groups is 2. The molecular weight excluding hydrogens is 1280 g/mol. The van der Waals surface area contributed by atoms with Crippen molar-refractivity contribution in [2.45, 2.75) is 316 Å². The number of esters is 4. The number of phosphoric acid groups is 2. The van der Waals surface area contributed by atoms with Gasteiger partial charge in [-0.05, 0) is 128 Å². The van der Waals surface area contributed by atoms with Gasteiger partial charge in [-0.2, -0.15) is 0 Å². The van der Waals surface area contributed by atoms with Gasteiger partial charge in [-0.1, -0.05) is 265 Å². The van der Waals surface area contributed by atoms with Gasteiger partial charge in [0.05, 0.1) is 26.4 Å². The van der Waals surface area contributed by atoms with Crippen LogP contribution in [0.5, 0.6) is 0 Å². The minimum absolute atomic E-state index is 0.0705. The molecule has 0 rings (SSSR count). The minimum atomic E-state index is -4.99. The van der Waals surface area contributed by atoms with E-state index in [4.69, 9.17) is 37.0 Å². The molecule has 3 N–H and O–H groups in total. The van der Waals surface area contributed by atoms with Crippen LogP contribution in [0.2, 0.25) is 0 Å². The lowest BCUT2D eigenvalue weighted by Crippen LogP contribution is -2.30. The first kappa shape index (κ1) is 93.5. The molecule has 0 aromatic carbocycles. The van der Waals surface area contributed by atoms with Crippen LogP contribution in [0.3, 0.4) is 0 Å². The van der Waals surface area contributed by atoms with Crippen molar-refractivity contribution in [3.8, 4) is 0 Å². The lowest BCUT2D eigenvalue weighted by molar-refractivity contribution is -0.161. The summed E-state index contributed by atoms with van der Waals surface area (Å²) in [6.07, 6.45) is 76.4. The van der Waals surface area contributed by atoms with Crippen molar-refractivity contribution in [1.82, 2.24) is 0 Å². The van der Waals surface area contributed by atoms with Crippen LogP contribution in [0.15, 0.2) is 122 Å². The molecule has 5 atom stereocenters. The zero-order valence-electron chi connectivity index (χ0n) is 61.2. The number of carbonyl (C=O) groups excluding carboxylic acids is 4. The summed E-state index contributed by atoms with van der Waals surface area (Å²) >= 11 is 0. The highest BCUT2D eigenvalue weighted by Crippen LogP contribution is 2.45. The third-order valence-corrected chi connectivity index (χ3v) is 17.3. The lowest BCUT2D eigenvalue weighted by atomic mass is 10.1. The molecule has 0 saturated heterocycles. The van der Waals surface area contributed by atoms with Gasteiger partial charge in [0, 0.05) is 25.7 Å². The maximum Gasteiger partial charge on any atom is 0.472 e. The van der Waals surface area contributed by atoms with Crippen LogP contribution in [0, 0.1) is 0 Å². The van der Waals surface area contributed by atoms with Crippen LogP contribution in [0.25, 0.3) is 0 Å². The molecule has 19 heteroatoms. The van der Waals surface area contributed by atoms with Crippen LogP contribution in [0.1, 0.15) is 297 Å². The highest BCUT2D eigenvalue weighted by molar-refractivity contribution is 7.47. The molecular formula is C79H134O17P2. The Balaban J connectivity index is 5.42. The number of aliphatic hydroxyl groups is 1.